The van der Waals surface area contributed by atoms with Crippen molar-refractivity contribution in [1.29, 1.82) is 0 Å². The van der Waals surface area contributed by atoms with Gasteiger partial charge in [0, 0.05) is 19.5 Å². The highest BCUT2D eigenvalue weighted by atomic mass is 32.1. The van der Waals surface area contributed by atoms with Crippen molar-refractivity contribution in [2.75, 3.05) is 0 Å². The molecular formula is C15H10F2OS2. The first-order chi connectivity index (χ1) is 9.54. The molecule has 3 aromatic rings. The predicted octanol–water partition coefficient (Wildman–Crippen LogP) is 5.44. The minimum atomic E-state index is -0.943. The lowest BCUT2D eigenvalue weighted by Crippen LogP contribution is -1.84. The zero-order chi connectivity index (χ0) is 14.3. The molecule has 102 valence electrons. The van der Waals surface area contributed by atoms with E-state index < -0.39 is 17.4 Å². The predicted molar refractivity (Wildman–Crippen MR) is 79.4 cm³/mol. The van der Waals surface area contributed by atoms with Crippen LogP contribution in [0.25, 0.3) is 20.2 Å². The Labute approximate surface area is 122 Å². The van der Waals surface area contributed by atoms with E-state index in [0.717, 1.165) is 26.8 Å². The summed E-state index contributed by atoms with van der Waals surface area (Å²) in [7, 11) is 0. The summed E-state index contributed by atoms with van der Waals surface area (Å²) in [5, 5.41) is 9.12. The Kier molecular flexibility index (Phi) is 3.31. The van der Waals surface area contributed by atoms with Gasteiger partial charge in [-0.1, -0.05) is 0 Å². The number of hydrogen-bond donors (Lipinski definition) is 1. The van der Waals surface area contributed by atoms with Crippen LogP contribution in [-0.2, 0) is 0 Å². The van der Waals surface area contributed by atoms with Crippen LogP contribution in [-0.4, -0.2) is 5.11 Å². The Balaban J connectivity index is 2.02. The van der Waals surface area contributed by atoms with Crippen LogP contribution >= 0.6 is 22.7 Å². The van der Waals surface area contributed by atoms with Crippen molar-refractivity contribution in [3.8, 4) is 25.9 Å². The molecule has 20 heavy (non-hydrogen) atoms. The third-order valence-corrected chi connectivity index (χ3v) is 5.22. The van der Waals surface area contributed by atoms with Crippen molar-refractivity contribution in [3.63, 3.8) is 0 Å². The van der Waals surface area contributed by atoms with Crippen molar-refractivity contribution < 1.29 is 13.9 Å². The van der Waals surface area contributed by atoms with Crippen molar-refractivity contribution in [2.24, 2.45) is 0 Å². The van der Waals surface area contributed by atoms with Gasteiger partial charge in [0.15, 0.2) is 17.4 Å². The molecule has 1 N–H and O–H groups in total. The van der Waals surface area contributed by atoms with Gasteiger partial charge in [0.2, 0.25) is 0 Å². The normalized spacial score (nSPS) is 10.9. The van der Waals surface area contributed by atoms with Gasteiger partial charge in [0.25, 0.3) is 0 Å². The number of aromatic hydroxyl groups is 1. The van der Waals surface area contributed by atoms with Crippen LogP contribution in [0.3, 0.4) is 0 Å². The van der Waals surface area contributed by atoms with E-state index in [1.807, 2.05) is 31.2 Å². The summed E-state index contributed by atoms with van der Waals surface area (Å²) in [6.07, 6.45) is 0. The van der Waals surface area contributed by atoms with Gasteiger partial charge >= 0.3 is 0 Å². The molecular weight excluding hydrogens is 298 g/mol. The Hall–Kier alpha value is -1.72. The zero-order valence-corrected chi connectivity index (χ0v) is 12.1. The molecule has 0 unspecified atom stereocenters. The number of halogens is 2. The molecule has 1 nitrogen and oxygen atoms in total. The van der Waals surface area contributed by atoms with Crippen molar-refractivity contribution in [2.45, 2.75) is 6.92 Å². The van der Waals surface area contributed by atoms with Crippen molar-refractivity contribution in [1.82, 2.24) is 0 Å². The summed E-state index contributed by atoms with van der Waals surface area (Å²) in [6, 6.07) is 10.1. The van der Waals surface area contributed by atoms with E-state index in [-0.39, 0.29) is 0 Å². The highest BCUT2D eigenvalue weighted by molar-refractivity contribution is 7.23. The third-order valence-electron chi connectivity index (χ3n) is 2.89. The molecule has 2 heterocycles. The van der Waals surface area contributed by atoms with Crippen molar-refractivity contribution >= 4 is 22.7 Å². The van der Waals surface area contributed by atoms with Gasteiger partial charge in [0.05, 0.1) is 0 Å². The van der Waals surface area contributed by atoms with Gasteiger partial charge in [-0.05, 0) is 48.9 Å². The third kappa shape index (κ3) is 2.34. The van der Waals surface area contributed by atoms with Crippen LogP contribution in [0.5, 0.6) is 5.75 Å². The summed E-state index contributed by atoms with van der Waals surface area (Å²) in [4.78, 5) is 4.19. The number of phenolic OH excluding ortho intramolecular Hbond substituents is 1. The summed E-state index contributed by atoms with van der Waals surface area (Å²) < 4.78 is 26.8. The lowest BCUT2D eigenvalue weighted by Gasteiger charge is -2.01. The molecule has 0 fully saturated rings. The maximum absolute atomic E-state index is 13.4. The lowest BCUT2D eigenvalue weighted by atomic mass is 10.1. The summed E-state index contributed by atoms with van der Waals surface area (Å²) >= 11 is 3.15. The highest BCUT2D eigenvalue weighted by Gasteiger charge is 2.13. The van der Waals surface area contributed by atoms with Gasteiger partial charge in [0.1, 0.15) is 0 Å². The van der Waals surface area contributed by atoms with E-state index in [4.69, 9.17) is 5.11 Å². The highest BCUT2D eigenvalue weighted by Crippen LogP contribution is 2.38. The average molecular weight is 308 g/mol. The molecule has 0 atom stereocenters. The van der Waals surface area contributed by atoms with Crippen LogP contribution in [0.4, 0.5) is 8.78 Å². The molecule has 1 aromatic carbocycles. The Bertz CT molecular complexity index is 751. The minimum Gasteiger partial charge on any atom is -0.503 e. The topological polar surface area (TPSA) is 20.2 Å². The Morgan fingerprint density at radius 1 is 0.850 bits per heavy atom. The molecule has 5 heteroatoms. The first kappa shape index (κ1) is 13.3. The van der Waals surface area contributed by atoms with E-state index in [1.165, 1.54) is 16.2 Å². The number of rotatable bonds is 2. The van der Waals surface area contributed by atoms with Crippen LogP contribution < -0.4 is 0 Å². The second-order valence-electron chi connectivity index (χ2n) is 4.36. The summed E-state index contributed by atoms with van der Waals surface area (Å²) in [5.74, 6) is -2.82. The Morgan fingerprint density at radius 2 is 1.40 bits per heavy atom. The van der Waals surface area contributed by atoms with Crippen LogP contribution in [0.2, 0.25) is 0 Å². The second-order valence-corrected chi connectivity index (χ2v) is 6.73. The average Bonchev–Trinajstić information content (AvgIpc) is 3.03. The second kappa shape index (κ2) is 5.00. The largest absolute Gasteiger partial charge is 0.503 e. The standard InChI is InChI=1S/C15H10F2OS2/c1-8-2-3-13(19-8)14-5-4-12(20-14)9-6-10(16)15(18)11(17)7-9/h2-7,18H,1H3. The molecule has 0 aliphatic heterocycles. The summed E-state index contributed by atoms with van der Waals surface area (Å²) in [5.41, 5.74) is 0.433. The van der Waals surface area contributed by atoms with Crippen LogP contribution in [0.1, 0.15) is 4.88 Å². The van der Waals surface area contributed by atoms with Crippen LogP contribution in [0, 0.1) is 18.6 Å². The Morgan fingerprint density at radius 3 is 2.00 bits per heavy atom. The fourth-order valence-corrected chi connectivity index (χ4v) is 3.85. The van der Waals surface area contributed by atoms with E-state index in [1.54, 1.807) is 11.3 Å². The van der Waals surface area contributed by atoms with E-state index in [9.17, 15) is 8.78 Å². The monoisotopic (exact) mass is 308 g/mol. The van der Waals surface area contributed by atoms with E-state index in [0.29, 0.717) is 5.56 Å². The molecule has 0 amide bonds. The van der Waals surface area contributed by atoms with Gasteiger partial charge < -0.3 is 5.11 Å². The molecule has 0 bridgehead atoms. The molecule has 0 saturated heterocycles. The van der Waals surface area contributed by atoms with Gasteiger partial charge in [-0.15, -0.1) is 22.7 Å². The fourth-order valence-electron chi connectivity index (χ4n) is 1.90. The summed E-state index contributed by atoms with van der Waals surface area (Å²) in [6.45, 7) is 2.04. The first-order valence-electron chi connectivity index (χ1n) is 5.89. The van der Waals surface area contributed by atoms with E-state index in [2.05, 4.69) is 0 Å². The molecule has 0 spiro atoms. The number of benzene rings is 1. The van der Waals surface area contributed by atoms with Crippen molar-refractivity contribution in [3.05, 3.63) is 52.9 Å². The zero-order valence-electron chi connectivity index (χ0n) is 10.5. The smallest absolute Gasteiger partial charge is 0.187 e. The maximum Gasteiger partial charge on any atom is 0.187 e. The quantitative estimate of drug-likeness (QED) is 0.668. The number of thiophene rings is 2. The lowest BCUT2D eigenvalue weighted by molar-refractivity contribution is 0.396. The molecule has 2 aromatic heterocycles. The number of aryl methyl sites for hydroxylation is 1. The number of phenols is 1. The molecule has 0 saturated carbocycles. The first-order valence-corrected chi connectivity index (χ1v) is 7.53. The minimum absolute atomic E-state index is 0.433. The SMILES string of the molecule is Cc1ccc(-c2ccc(-c3cc(F)c(O)c(F)c3)s2)s1. The fraction of sp³-hybridized carbons (Fsp3) is 0.0667. The van der Waals surface area contributed by atoms with E-state index >= 15 is 0 Å². The molecule has 0 radical (unpaired) electrons. The molecule has 0 aliphatic rings. The van der Waals surface area contributed by atoms with Crippen LogP contribution in [0.15, 0.2) is 36.4 Å². The van der Waals surface area contributed by atoms with Gasteiger partial charge in [-0.2, -0.15) is 0 Å². The molecule has 0 aliphatic carbocycles. The van der Waals surface area contributed by atoms with Gasteiger partial charge in [-0.3, -0.25) is 0 Å². The molecule has 3 rings (SSSR count). The maximum atomic E-state index is 13.4. The van der Waals surface area contributed by atoms with Gasteiger partial charge in [-0.25, -0.2) is 8.78 Å². The number of hydrogen-bond acceptors (Lipinski definition) is 3.